The van der Waals surface area contributed by atoms with E-state index >= 15 is 0 Å². The Bertz CT molecular complexity index is 1180. The number of hydrogen-bond donors (Lipinski definition) is 4. The highest BCUT2D eigenvalue weighted by atomic mass is 16.2. The molecule has 3 aromatic rings. The van der Waals surface area contributed by atoms with Gasteiger partial charge in [0.2, 0.25) is 0 Å². The molecule has 0 aliphatic carbocycles. The Morgan fingerprint density at radius 1 is 1.13 bits per heavy atom. The lowest BCUT2D eigenvalue weighted by Crippen LogP contribution is -2.26. The maximum Gasteiger partial charge on any atom is 0.256 e. The lowest BCUT2D eigenvalue weighted by molar-refractivity contribution is -0.110. The third kappa shape index (κ3) is 3.48. The summed E-state index contributed by atoms with van der Waals surface area (Å²) in [7, 11) is 0. The summed E-state index contributed by atoms with van der Waals surface area (Å²) in [5.41, 5.74) is 12.7. The SMILES string of the molecule is Cc1[nH]c(/C=C2\C(=O)Nc3ccc(C(=O)NC(C)c4ccccc4)cc32)c(C)c1N. The van der Waals surface area contributed by atoms with Crippen LogP contribution in [0.3, 0.4) is 0 Å². The molecule has 6 nitrogen and oxygen atoms in total. The van der Waals surface area contributed by atoms with Crippen LogP contribution in [0, 0.1) is 13.8 Å². The Balaban J connectivity index is 1.64. The predicted octanol–water partition coefficient (Wildman–Crippen LogP) is 4.20. The van der Waals surface area contributed by atoms with Gasteiger partial charge in [0.15, 0.2) is 0 Å². The van der Waals surface area contributed by atoms with Crippen molar-refractivity contribution in [1.29, 1.82) is 0 Å². The van der Waals surface area contributed by atoms with Crippen molar-refractivity contribution in [3.8, 4) is 0 Å². The Kier molecular flexibility index (Phi) is 4.91. The van der Waals surface area contributed by atoms with E-state index in [4.69, 9.17) is 5.73 Å². The number of nitrogen functional groups attached to an aromatic ring is 1. The molecule has 0 saturated carbocycles. The second-order valence-electron chi connectivity index (χ2n) is 7.58. The predicted molar refractivity (Wildman–Crippen MR) is 120 cm³/mol. The summed E-state index contributed by atoms with van der Waals surface area (Å²) in [6.07, 6.45) is 1.79. The van der Waals surface area contributed by atoms with Crippen molar-refractivity contribution >= 4 is 34.8 Å². The van der Waals surface area contributed by atoms with Gasteiger partial charge in [-0.1, -0.05) is 30.3 Å². The van der Waals surface area contributed by atoms with Gasteiger partial charge in [0.1, 0.15) is 0 Å². The molecule has 1 aliphatic rings. The number of anilines is 2. The highest BCUT2D eigenvalue weighted by molar-refractivity contribution is 6.35. The van der Waals surface area contributed by atoms with Crippen molar-refractivity contribution in [1.82, 2.24) is 10.3 Å². The molecular formula is C24H24N4O2. The number of nitrogens with two attached hydrogens (primary N) is 1. The molecule has 5 N–H and O–H groups in total. The minimum Gasteiger partial charge on any atom is -0.397 e. The second-order valence-corrected chi connectivity index (χ2v) is 7.58. The molecule has 1 aromatic heterocycles. The summed E-state index contributed by atoms with van der Waals surface area (Å²) in [6, 6.07) is 14.9. The highest BCUT2D eigenvalue weighted by Gasteiger charge is 2.26. The molecule has 2 heterocycles. The molecule has 0 bridgehead atoms. The van der Waals surface area contributed by atoms with Crippen LogP contribution in [-0.2, 0) is 4.79 Å². The first kappa shape index (κ1) is 19.5. The van der Waals surface area contributed by atoms with Gasteiger partial charge in [-0.3, -0.25) is 9.59 Å². The maximum atomic E-state index is 12.8. The second kappa shape index (κ2) is 7.55. The lowest BCUT2D eigenvalue weighted by Gasteiger charge is -2.14. The van der Waals surface area contributed by atoms with Crippen LogP contribution in [0.15, 0.2) is 48.5 Å². The van der Waals surface area contributed by atoms with Crippen LogP contribution in [0.2, 0.25) is 0 Å². The topological polar surface area (TPSA) is 100 Å². The minimum atomic E-state index is -0.203. The first-order valence-electron chi connectivity index (χ1n) is 9.83. The van der Waals surface area contributed by atoms with E-state index in [9.17, 15) is 9.59 Å². The van der Waals surface area contributed by atoms with E-state index in [1.807, 2.05) is 51.1 Å². The number of aryl methyl sites for hydroxylation is 1. The fraction of sp³-hybridized carbons (Fsp3) is 0.167. The summed E-state index contributed by atoms with van der Waals surface area (Å²) in [4.78, 5) is 28.6. The molecule has 0 radical (unpaired) electrons. The molecule has 2 amide bonds. The van der Waals surface area contributed by atoms with E-state index in [1.165, 1.54) is 0 Å². The largest absolute Gasteiger partial charge is 0.397 e. The number of nitrogens with one attached hydrogen (secondary N) is 3. The molecule has 1 unspecified atom stereocenters. The first-order valence-corrected chi connectivity index (χ1v) is 9.83. The normalized spacial score (nSPS) is 15.0. The molecule has 152 valence electrons. The van der Waals surface area contributed by atoms with Crippen molar-refractivity contribution in [2.75, 3.05) is 11.1 Å². The van der Waals surface area contributed by atoms with Crippen LogP contribution in [0.4, 0.5) is 11.4 Å². The Morgan fingerprint density at radius 3 is 2.53 bits per heavy atom. The van der Waals surface area contributed by atoms with Gasteiger partial charge in [-0.15, -0.1) is 0 Å². The molecule has 1 aliphatic heterocycles. The molecule has 0 saturated heterocycles. The van der Waals surface area contributed by atoms with Crippen LogP contribution in [0.1, 0.15) is 51.4 Å². The summed E-state index contributed by atoms with van der Waals surface area (Å²) < 4.78 is 0. The Labute approximate surface area is 175 Å². The summed E-state index contributed by atoms with van der Waals surface area (Å²) in [5.74, 6) is -0.394. The molecule has 0 spiro atoms. The van der Waals surface area contributed by atoms with Crippen LogP contribution < -0.4 is 16.4 Å². The van der Waals surface area contributed by atoms with E-state index in [0.29, 0.717) is 28.1 Å². The summed E-state index contributed by atoms with van der Waals surface area (Å²) >= 11 is 0. The van der Waals surface area contributed by atoms with Crippen molar-refractivity contribution in [3.63, 3.8) is 0 Å². The minimum absolute atomic E-state index is 0.130. The Hall–Kier alpha value is -3.80. The number of aromatic amines is 1. The zero-order chi connectivity index (χ0) is 21.4. The average Bonchev–Trinajstić information content (AvgIpc) is 3.18. The number of benzene rings is 2. The van der Waals surface area contributed by atoms with Crippen LogP contribution >= 0.6 is 0 Å². The van der Waals surface area contributed by atoms with Crippen molar-refractivity contribution in [2.45, 2.75) is 26.8 Å². The third-order valence-corrected chi connectivity index (χ3v) is 5.53. The smallest absolute Gasteiger partial charge is 0.256 e. The summed E-state index contributed by atoms with van der Waals surface area (Å²) in [5, 5.41) is 5.87. The number of rotatable bonds is 4. The maximum absolute atomic E-state index is 12.8. The number of carbonyl (C=O) groups excluding carboxylic acids is 2. The number of carbonyl (C=O) groups is 2. The molecule has 2 aromatic carbocycles. The quantitative estimate of drug-likeness (QED) is 0.494. The van der Waals surface area contributed by atoms with Crippen molar-refractivity contribution in [3.05, 3.63) is 82.2 Å². The molecule has 0 fully saturated rings. The fourth-order valence-electron chi connectivity index (χ4n) is 3.66. The molecular weight excluding hydrogens is 376 g/mol. The molecule has 4 rings (SSSR count). The van der Waals surface area contributed by atoms with E-state index < -0.39 is 0 Å². The molecule has 6 heteroatoms. The lowest BCUT2D eigenvalue weighted by atomic mass is 10.0. The van der Waals surface area contributed by atoms with E-state index in [-0.39, 0.29) is 17.9 Å². The Morgan fingerprint density at radius 2 is 1.87 bits per heavy atom. The van der Waals surface area contributed by atoms with Gasteiger partial charge in [-0.2, -0.15) is 0 Å². The zero-order valence-electron chi connectivity index (χ0n) is 17.2. The number of fused-ring (bicyclic) bond motifs is 1. The van der Waals surface area contributed by atoms with Gasteiger partial charge in [-0.25, -0.2) is 0 Å². The highest BCUT2D eigenvalue weighted by Crippen LogP contribution is 2.35. The molecule has 30 heavy (non-hydrogen) atoms. The van der Waals surface area contributed by atoms with Crippen molar-refractivity contribution < 1.29 is 9.59 Å². The zero-order valence-corrected chi connectivity index (χ0v) is 17.2. The number of hydrogen-bond acceptors (Lipinski definition) is 3. The molecule has 1 atom stereocenters. The van der Waals surface area contributed by atoms with Gasteiger partial charge in [0.05, 0.1) is 17.3 Å². The number of amides is 2. The van der Waals surface area contributed by atoms with Gasteiger partial charge in [-0.05, 0) is 56.2 Å². The first-order chi connectivity index (χ1) is 14.3. The van der Waals surface area contributed by atoms with Gasteiger partial charge < -0.3 is 21.4 Å². The van der Waals surface area contributed by atoms with Crippen LogP contribution in [0.25, 0.3) is 11.6 Å². The number of H-pyrrole nitrogens is 1. The third-order valence-electron chi connectivity index (χ3n) is 5.53. The fourth-order valence-corrected chi connectivity index (χ4v) is 3.66. The standard InChI is InChI=1S/C24H24N4O2/c1-13-21(26-15(3)22(13)25)12-19-18-11-17(9-10-20(18)28-24(19)30)23(29)27-14(2)16-7-5-4-6-8-16/h4-12,14,26H,25H2,1-3H3,(H,27,29)(H,28,30)/b19-12-. The van der Waals surface area contributed by atoms with E-state index in [1.54, 1.807) is 24.3 Å². The van der Waals surface area contributed by atoms with Gasteiger partial charge >= 0.3 is 0 Å². The van der Waals surface area contributed by atoms with Crippen molar-refractivity contribution in [2.24, 2.45) is 0 Å². The van der Waals surface area contributed by atoms with Gasteiger partial charge in [0, 0.05) is 28.2 Å². The average molecular weight is 400 g/mol. The number of aromatic nitrogens is 1. The van der Waals surface area contributed by atoms with Crippen LogP contribution in [0.5, 0.6) is 0 Å². The summed E-state index contributed by atoms with van der Waals surface area (Å²) in [6.45, 7) is 5.74. The monoisotopic (exact) mass is 400 g/mol. The van der Waals surface area contributed by atoms with Gasteiger partial charge in [0.25, 0.3) is 11.8 Å². The van der Waals surface area contributed by atoms with E-state index in [2.05, 4.69) is 15.6 Å². The van der Waals surface area contributed by atoms with E-state index in [0.717, 1.165) is 22.5 Å². The van der Waals surface area contributed by atoms with Crippen LogP contribution in [-0.4, -0.2) is 16.8 Å².